The van der Waals surface area contributed by atoms with E-state index in [0.29, 0.717) is 13.2 Å². The summed E-state index contributed by atoms with van der Waals surface area (Å²) in [5.41, 5.74) is 0. The van der Waals surface area contributed by atoms with E-state index in [1.54, 1.807) is 6.08 Å². The van der Waals surface area contributed by atoms with Crippen LogP contribution in [0, 0.1) is 0 Å². The van der Waals surface area contributed by atoms with Crippen molar-refractivity contribution in [1.82, 2.24) is 4.90 Å². The molecule has 0 bridgehead atoms. The minimum Gasteiger partial charge on any atom is -0.379 e. The van der Waals surface area contributed by atoms with Crippen LogP contribution in [0.5, 0.6) is 0 Å². The van der Waals surface area contributed by atoms with Gasteiger partial charge in [-0.25, -0.2) is 8.42 Å². The number of rotatable bonds is 2. The van der Waals surface area contributed by atoms with E-state index in [0.717, 1.165) is 13.1 Å². The number of nitrogens with zero attached hydrogens (tertiary/aromatic N) is 1. The molecule has 16 heavy (non-hydrogen) atoms. The molecule has 0 unspecified atom stereocenters. The van der Waals surface area contributed by atoms with E-state index in [1.165, 1.54) is 0 Å². The molecule has 92 valence electrons. The Morgan fingerprint density at radius 1 is 1.38 bits per heavy atom. The summed E-state index contributed by atoms with van der Waals surface area (Å²) in [5, 5.41) is -0.416. The molecular weight excluding hydrogens is 226 g/mol. The van der Waals surface area contributed by atoms with Gasteiger partial charge in [0.05, 0.1) is 23.2 Å². The number of morpholine rings is 1. The molecule has 2 aliphatic rings. The molecule has 2 saturated heterocycles. The molecular formula is C11H19NO3S. The van der Waals surface area contributed by atoms with E-state index in [-0.39, 0.29) is 6.04 Å². The van der Waals surface area contributed by atoms with Gasteiger partial charge in [0.25, 0.3) is 0 Å². The maximum atomic E-state index is 12.0. The first kappa shape index (κ1) is 12.1. The van der Waals surface area contributed by atoms with Gasteiger partial charge in [-0.1, -0.05) is 6.08 Å². The lowest BCUT2D eigenvalue weighted by atomic mass is 9.95. The average Bonchev–Trinajstić information content (AvgIpc) is 2.25. The van der Waals surface area contributed by atoms with Crippen molar-refractivity contribution in [2.24, 2.45) is 0 Å². The van der Waals surface area contributed by atoms with Gasteiger partial charge in [0, 0.05) is 19.1 Å². The molecule has 0 spiro atoms. The number of hydrogen-bond acceptors (Lipinski definition) is 4. The molecule has 2 rings (SSSR count). The third-order valence-corrected chi connectivity index (χ3v) is 6.66. The molecule has 2 heterocycles. The van der Waals surface area contributed by atoms with E-state index >= 15 is 0 Å². The minimum atomic E-state index is -3.05. The molecule has 0 aromatic rings. The highest BCUT2D eigenvalue weighted by atomic mass is 32.2. The summed E-state index contributed by atoms with van der Waals surface area (Å²) in [6, 6.07) is 0.0545. The predicted octanol–water partition coefficient (Wildman–Crippen LogP) is 0.449. The summed E-state index contributed by atoms with van der Waals surface area (Å²) in [6.07, 6.45) is 1.57. The Morgan fingerprint density at radius 3 is 2.44 bits per heavy atom. The van der Waals surface area contributed by atoms with E-state index in [2.05, 4.69) is 11.5 Å². The Balaban J connectivity index is 2.24. The standard InChI is InChI=1S/C11H19NO3S/c1-4-9-10(11(2,3)16(9,13)14)12-5-7-15-8-6-12/h4,9-10H,1,5-8H2,2-3H3/t9-,10+/m1/s1. The van der Waals surface area contributed by atoms with E-state index < -0.39 is 19.8 Å². The van der Waals surface area contributed by atoms with Gasteiger partial charge in [-0.05, 0) is 13.8 Å². The number of ether oxygens (including phenoxy) is 1. The summed E-state index contributed by atoms with van der Waals surface area (Å²) >= 11 is 0. The highest BCUT2D eigenvalue weighted by molar-refractivity contribution is 7.95. The van der Waals surface area contributed by atoms with Crippen LogP contribution in [0.25, 0.3) is 0 Å². The van der Waals surface area contributed by atoms with Gasteiger partial charge < -0.3 is 4.74 Å². The minimum absolute atomic E-state index is 0.0545. The first-order valence-corrected chi connectivity index (χ1v) is 7.15. The molecule has 0 amide bonds. The van der Waals surface area contributed by atoms with Crippen LogP contribution in [-0.2, 0) is 14.6 Å². The lowest BCUT2D eigenvalue weighted by Crippen LogP contribution is -2.73. The second-order valence-electron chi connectivity index (χ2n) is 4.94. The van der Waals surface area contributed by atoms with Crippen LogP contribution < -0.4 is 0 Å². The zero-order chi connectivity index (χ0) is 12.0. The van der Waals surface area contributed by atoms with Crippen molar-refractivity contribution >= 4 is 9.84 Å². The molecule has 0 radical (unpaired) electrons. The lowest BCUT2D eigenvalue weighted by Gasteiger charge is -2.54. The average molecular weight is 245 g/mol. The van der Waals surface area contributed by atoms with Crippen LogP contribution in [-0.4, -0.2) is 55.7 Å². The van der Waals surface area contributed by atoms with Crippen LogP contribution in [0.15, 0.2) is 12.7 Å². The summed E-state index contributed by atoms with van der Waals surface area (Å²) in [5.74, 6) is 0. The molecule has 4 nitrogen and oxygen atoms in total. The van der Waals surface area contributed by atoms with Crippen molar-refractivity contribution in [3.63, 3.8) is 0 Å². The topological polar surface area (TPSA) is 46.6 Å². The first-order valence-electron chi connectivity index (χ1n) is 5.60. The van der Waals surface area contributed by atoms with Crippen LogP contribution in [0.3, 0.4) is 0 Å². The van der Waals surface area contributed by atoms with Gasteiger partial charge in [-0.2, -0.15) is 0 Å². The van der Waals surface area contributed by atoms with Gasteiger partial charge in [0.2, 0.25) is 0 Å². The maximum Gasteiger partial charge on any atom is 0.165 e. The Hall–Kier alpha value is -0.390. The fourth-order valence-electron chi connectivity index (χ4n) is 2.77. The molecule has 0 saturated carbocycles. The second-order valence-corrected chi connectivity index (χ2v) is 7.63. The highest BCUT2D eigenvalue weighted by Crippen LogP contribution is 2.43. The van der Waals surface area contributed by atoms with E-state index in [9.17, 15) is 8.42 Å². The Kier molecular flexibility index (Phi) is 2.88. The molecule has 2 aliphatic heterocycles. The molecule has 2 fully saturated rings. The summed E-state index contributed by atoms with van der Waals surface area (Å²) in [7, 11) is -3.05. The predicted molar refractivity (Wildman–Crippen MR) is 63.2 cm³/mol. The lowest BCUT2D eigenvalue weighted by molar-refractivity contribution is 0.00477. The van der Waals surface area contributed by atoms with Crippen LogP contribution >= 0.6 is 0 Å². The zero-order valence-corrected chi connectivity index (χ0v) is 10.7. The van der Waals surface area contributed by atoms with E-state index in [1.807, 2.05) is 13.8 Å². The monoisotopic (exact) mass is 245 g/mol. The number of sulfone groups is 1. The first-order chi connectivity index (χ1) is 7.43. The summed E-state index contributed by atoms with van der Waals surface area (Å²) in [4.78, 5) is 2.22. The molecule has 5 heteroatoms. The van der Waals surface area contributed by atoms with Crippen molar-refractivity contribution in [1.29, 1.82) is 0 Å². The van der Waals surface area contributed by atoms with Crippen molar-refractivity contribution in [2.75, 3.05) is 26.3 Å². The van der Waals surface area contributed by atoms with Crippen LogP contribution in [0.2, 0.25) is 0 Å². The maximum absolute atomic E-state index is 12.0. The smallest absolute Gasteiger partial charge is 0.165 e. The van der Waals surface area contributed by atoms with Crippen molar-refractivity contribution < 1.29 is 13.2 Å². The molecule has 0 aromatic carbocycles. The van der Waals surface area contributed by atoms with Gasteiger partial charge in [0.15, 0.2) is 9.84 Å². The molecule has 0 aliphatic carbocycles. The Labute approximate surface area is 97.2 Å². The van der Waals surface area contributed by atoms with Gasteiger partial charge in [0.1, 0.15) is 0 Å². The van der Waals surface area contributed by atoms with Crippen molar-refractivity contribution in [3.8, 4) is 0 Å². The summed E-state index contributed by atoms with van der Waals surface area (Å²) in [6.45, 7) is 10.3. The molecule has 2 atom stereocenters. The second kappa shape index (κ2) is 3.82. The summed E-state index contributed by atoms with van der Waals surface area (Å²) < 4.78 is 28.7. The van der Waals surface area contributed by atoms with Crippen LogP contribution in [0.4, 0.5) is 0 Å². The van der Waals surface area contributed by atoms with Crippen molar-refractivity contribution in [3.05, 3.63) is 12.7 Å². The van der Waals surface area contributed by atoms with Crippen molar-refractivity contribution in [2.45, 2.75) is 29.9 Å². The highest BCUT2D eigenvalue weighted by Gasteiger charge is 2.62. The Morgan fingerprint density at radius 2 is 1.94 bits per heavy atom. The van der Waals surface area contributed by atoms with E-state index in [4.69, 9.17) is 4.74 Å². The fraction of sp³-hybridized carbons (Fsp3) is 0.818. The third-order valence-electron chi connectivity index (χ3n) is 3.79. The van der Waals surface area contributed by atoms with Gasteiger partial charge in [-0.15, -0.1) is 6.58 Å². The Bertz CT molecular complexity index is 382. The fourth-order valence-corrected chi connectivity index (χ4v) is 4.98. The number of hydrogen-bond donors (Lipinski definition) is 0. The third kappa shape index (κ3) is 1.45. The van der Waals surface area contributed by atoms with Gasteiger partial charge >= 0.3 is 0 Å². The zero-order valence-electron chi connectivity index (χ0n) is 9.85. The normalized spacial score (nSPS) is 37.6. The largest absolute Gasteiger partial charge is 0.379 e. The quantitative estimate of drug-likeness (QED) is 0.663. The molecule has 0 N–H and O–H groups in total. The SMILES string of the molecule is C=C[C@@H]1[C@H](N2CCOCC2)C(C)(C)S1(=O)=O. The molecule has 0 aromatic heterocycles. The van der Waals surface area contributed by atoms with Gasteiger partial charge in [-0.3, -0.25) is 4.90 Å². The van der Waals surface area contributed by atoms with Crippen LogP contribution in [0.1, 0.15) is 13.8 Å².